The van der Waals surface area contributed by atoms with Crippen molar-refractivity contribution < 1.29 is 9.53 Å². The Morgan fingerprint density at radius 2 is 2.08 bits per heavy atom. The molecule has 0 saturated heterocycles. The number of hydrogen-bond donors (Lipinski definition) is 0. The summed E-state index contributed by atoms with van der Waals surface area (Å²) in [7, 11) is 0. The van der Waals surface area contributed by atoms with Crippen LogP contribution in [0.4, 0.5) is 0 Å². The topological polar surface area (TPSA) is 26.3 Å². The van der Waals surface area contributed by atoms with Crippen LogP contribution in [-0.4, -0.2) is 12.4 Å². The van der Waals surface area contributed by atoms with E-state index in [2.05, 4.69) is 0 Å². The minimum Gasteiger partial charge on any atom is -0.486 e. The Bertz CT molecular complexity index is 316. The number of carbonyl (C=O) groups is 1. The highest BCUT2D eigenvalue weighted by molar-refractivity contribution is 5.77. The van der Waals surface area contributed by atoms with Crippen molar-refractivity contribution in [1.29, 1.82) is 0 Å². The summed E-state index contributed by atoms with van der Waals surface area (Å²) in [5.74, 6) is 0.844. The number of aryl methyl sites for hydroxylation is 2. The van der Waals surface area contributed by atoms with Crippen LogP contribution in [0.15, 0.2) is 18.2 Å². The third-order valence-corrected chi connectivity index (χ3v) is 1.77. The Labute approximate surface area is 78.5 Å². The van der Waals surface area contributed by atoms with Gasteiger partial charge >= 0.3 is 0 Å². The van der Waals surface area contributed by atoms with Crippen LogP contribution >= 0.6 is 0 Å². The van der Waals surface area contributed by atoms with Crippen LogP contribution in [0.2, 0.25) is 0 Å². The number of carbonyl (C=O) groups excluding carboxylic acids is 1. The van der Waals surface area contributed by atoms with Crippen LogP contribution < -0.4 is 4.74 Å². The van der Waals surface area contributed by atoms with E-state index >= 15 is 0 Å². The van der Waals surface area contributed by atoms with Gasteiger partial charge in [0.25, 0.3) is 0 Å². The van der Waals surface area contributed by atoms with Crippen LogP contribution in [-0.2, 0) is 4.79 Å². The molecule has 1 aromatic rings. The number of ether oxygens (including phenoxy) is 1. The highest BCUT2D eigenvalue weighted by Crippen LogP contribution is 2.18. The Hall–Kier alpha value is -1.31. The monoisotopic (exact) mass is 178 g/mol. The first-order valence-corrected chi connectivity index (χ1v) is 4.29. The lowest BCUT2D eigenvalue weighted by Gasteiger charge is -2.07. The van der Waals surface area contributed by atoms with Gasteiger partial charge in [-0.1, -0.05) is 12.1 Å². The average Bonchev–Trinajstić information content (AvgIpc) is 2.06. The molecule has 0 bridgehead atoms. The van der Waals surface area contributed by atoms with Crippen molar-refractivity contribution in [3.05, 3.63) is 29.3 Å². The number of hydrogen-bond acceptors (Lipinski definition) is 2. The van der Waals surface area contributed by atoms with Gasteiger partial charge in [0.2, 0.25) is 0 Å². The summed E-state index contributed by atoms with van der Waals surface area (Å²) in [6.07, 6.45) is 0. The third kappa shape index (κ3) is 2.90. The molecule has 0 unspecified atom stereocenters. The summed E-state index contributed by atoms with van der Waals surface area (Å²) in [5, 5.41) is 0. The molecule has 1 aromatic carbocycles. The van der Waals surface area contributed by atoms with Gasteiger partial charge in [-0.25, -0.2) is 0 Å². The van der Waals surface area contributed by atoms with Crippen molar-refractivity contribution >= 4 is 5.78 Å². The van der Waals surface area contributed by atoms with Gasteiger partial charge in [-0.15, -0.1) is 0 Å². The van der Waals surface area contributed by atoms with Crippen molar-refractivity contribution in [3.63, 3.8) is 0 Å². The second kappa shape index (κ2) is 4.08. The maximum absolute atomic E-state index is 10.7. The lowest BCUT2D eigenvalue weighted by Crippen LogP contribution is -2.07. The molecule has 0 radical (unpaired) electrons. The molecule has 0 atom stereocenters. The summed E-state index contributed by atoms with van der Waals surface area (Å²) < 4.78 is 5.33. The van der Waals surface area contributed by atoms with E-state index in [0.29, 0.717) is 0 Å². The molecule has 13 heavy (non-hydrogen) atoms. The fourth-order valence-electron chi connectivity index (χ4n) is 1.04. The van der Waals surface area contributed by atoms with Crippen molar-refractivity contribution in [2.75, 3.05) is 6.61 Å². The molecule has 0 amide bonds. The molecule has 0 fully saturated rings. The van der Waals surface area contributed by atoms with E-state index < -0.39 is 0 Å². The number of Topliss-reactive ketones (excluding diaryl/α,β-unsaturated/α-hetero) is 1. The second-order valence-electron chi connectivity index (χ2n) is 3.26. The molecular weight excluding hydrogens is 164 g/mol. The van der Waals surface area contributed by atoms with Crippen LogP contribution in [0.1, 0.15) is 18.1 Å². The zero-order chi connectivity index (χ0) is 9.84. The van der Waals surface area contributed by atoms with Gasteiger partial charge in [0.1, 0.15) is 12.4 Å². The molecule has 0 aliphatic heterocycles. The summed E-state index contributed by atoms with van der Waals surface area (Å²) in [4.78, 5) is 10.7. The Morgan fingerprint density at radius 3 is 2.69 bits per heavy atom. The van der Waals surface area contributed by atoms with Gasteiger partial charge < -0.3 is 4.74 Å². The second-order valence-corrected chi connectivity index (χ2v) is 3.26. The fraction of sp³-hybridized carbons (Fsp3) is 0.364. The number of benzene rings is 1. The SMILES string of the molecule is CC(=O)COc1cc(C)ccc1C. The van der Waals surface area contributed by atoms with E-state index in [1.807, 2.05) is 32.0 Å². The van der Waals surface area contributed by atoms with E-state index in [0.717, 1.165) is 16.9 Å². The third-order valence-electron chi connectivity index (χ3n) is 1.77. The van der Waals surface area contributed by atoms with Gasteiger partial charge in [0.15, 0.2) is 5.78 Å². The van der Waals surface area contributed by atoms with E-state index in [9.17, 15) is 4.79 Å². The van der Waals surface area contributed by atoms with Crippen LogP contribution in [0.5, 0.6) is 5.75 Å². The van der Waals surface area contributed by atoms with E-state index in [1.54, 1.807) is 0 Å². The molecule has 0 aliphatic carbocycles. The normalized spacial score (nSPS) is 9.77. The van der Waals surface area contributed by atoms with Gasteiger partial charge in [0.05, 0.1) is 0 Å². The average molecular weight is 178 g/mol. The molecule has 2 heteroatoms. The first kappa shape index (κ1) is 9.78. The van der Waals surface area contributed by atoms with Gasteiger partial charge in [-0.05, 0) is 38.0 Å². The Morgan fingerprint density at radius 1 is 1.38 bits per heavy atom. The fourth-order valence-corrected chi connectivity index (χ4v) is 1.04. The zero-order valence-electron chi connectivity index (χ0n) is 8.26. The minimum absolute atomic E-state index is 0.0425. The molecule has 0 N–H and O–H groups in total. The largest absolute Gasteiger partial charge is 0.486 e. The first-order valence-electron chi connectivity index (χ1n) is 4.29. The summed E-state index contributed by atoms with van der Waals surface area (Å²) in [6, 6.07) is 5.96. The summed E-state index contributed by atoms with van der Waals surface area (Å²) >= 11 is 0. The molecule has 1 rings (SSSR count). The van der Waals surface area contributed by atoms with Crippen molar-refractivity contribution in [2.24, 2.45) is 0 Å². The molecule has 0 aromatic heterocycles. The molecule has 0 saturated carbocycles. The molecular formula is C11H14O2. The minimum atomic E-state index is 0.0425. The van der Waals surface area contributed by atoms with Crippen molar-refractivity contribution in [3.8, 4) is 5.75 Å². The predicted octanol–water partition coefficient (Wildman–Crippen LogP) is 2.27. The van der Waals surface area contributed by atoms with E-state index in [4.69, 9.17) is 4.74 Å². The van der Waals surface area contributed by atoms with Crippen LogP contribution in [0.25, 0.3) is 0 Å². The van der Waals surface area contributed by atoms with Crippen molar-refractivity contribution in [1.82, 2.24) is 0 Å². The van der Waals surface area contributed by atoms with Gasteiger partial charge in [-0.3, -0.25) is 4.79 Å². The smallest absolute Gasteiger partial charge is 0.167 e. The van der Waals surface area contributed by atoms with Gasteiger partial charge in [0, 0.05) is 0 Å². The highest BCUT2D eigenvalue weighted by Gasteiger charge is 2.00. The molecule has 0 heterocycles. The maximum atomic E-state index is 10.7. The van der Waals surface area contributed by atoms with Crippen LogP contribution in [0, 0.1) is 13.8 Å². The predicted molar refractivity (Wildman–Crippen MR) is 52.1 cm³/mol. The summed E-state index contributed by atoms with van der Waals surface area (Å²) in [5.41, 5.74) is 2.20. The standard InChI is InChI=1S/C11H14O2/c1-8-4-5-9(2)11(6-8)13-7-10(3)12/h4-6H,7H2,1-3H3. The number of rotatable bonds is 3. The molecule has 70 valence electrons. The lowest BCUT2D eigenvalue weighted by atomic mass is 10.1. The van der Waals surface area contributed by atoms with E-state index in [1.165, 1.54) is 6.92 Å². The Balaban J connectivity index is 2.75. The Kier molecular flexibility index (Phi) is 3.07. The maximum Gasteiger partial charge on any atom is 0.167 e. The molecule has 0 spiro atoms. The highest BCUT2D eigenvalue weighted by atomic mass is 16.5. The number of ketones is 1. The first-order chi connectivity index (χ1) is 6.09. The molecule has 2 nitrogen and oxygen atoms in total. The van der Waals surface area contributed by atoms with Gasteiger partial charge in [-0.2, -0.15) is 0 Å². The molecule has 0 aliphatic rings. The lowest BCUT2D eigenvalue weighted by molar-refractivity contribution is -0.118. The van der Waals surface area contributed by atoms with Crippen molar-refractivity contribution in [2.45, 2.75) is 20.8 Å². The van der Waals surface area contributed by atoms with E-state index in [-0.39, 0.29) is 12.4 Å². The van der Waals surface area contributed by atoms with Crippen LogP contribution in [0.3, 0.4) is 0 Å². The quantitative estimate of drug-likeness (QED) is 0.709. The summed E-state index contributed by atoms with van der Waals surface area (Å²) in [6.45, 7) is 5.64. The zero-order valence-corrected chi connectivity index (χ0v) is 8.26.